The SMILES string of the molecule is CCOc1ccc(C(=O)N2CC[C@@H]3CNC[C@@H]3CC2)cc1OCC.Cl. The van der Waals surface area contributed by atoms with Gasteiger partial charge in [0.15, 0.2) is 11.5 Å². The monoisotopic (exact) mass is 368 g/mol. The quantitative estimate of drug-likeness (QED) is 0.868. The first-order valence-corrected chi connectivity index (χ1v) is 9.12. The van der Waals surface area contributed by atoms with Gasteiger partial charge in [0.2, 0.25) is 0 Å². The number of rotatable bonds is 5. The number of amides is 1. The van der Waals surface area contributed by atoms with Gasteiger partial charge < -0.3 is 19.7 Å². The van der Waals surface area contributed by atoms with Crippen molar-refractivity contribution in [3.63, 3.8) is 0 Å². The van der Waals surface area contributed by atoms with Crippen molar-refractivity contribution in [1.82, 2.24) is 10.2 Å². The smallest absolute Gasteiger partial charge is 0.253 e. The Balaban J connectivity index is 0.00000225. The average molecular weight is 369 g/mol. The summed E-state index contributed by atoms with van der Waals surface area (Å²) in [6.45, 7) is 8.91. The van der Waals surface area contributed by atoms with E-state index in [0.29, 0.717) is 30.3 Å². The molecule has 0 aromatic heterocycles. The molecule has 0 saturated carbocycles. The molecule has 0 bridgehead atoms. The highest BCUT2D eigenvalue weighted by Gasteiger charge is 2.31. The van der Waals surface area contributed by atoms with Crippen LogP contribution in [0.15, 0.2) is 18.2 Å². The van der Waals surface area contributed by atoms with Gasteiger partial charge >= 0.3 is 0 Å². The van der Waals surface area contributed by atoms with Crippen LogP contribution in [0, 0.1) is 11.8 Å². The predicted molar refractivity (Wildman–Crippen MR) is 101 cm³/mol. The van der Waals surface area contributed by atoms with E-state index in [4.69, 9.17) is 9.47 Å². The minimum atomic E-state index is 0. The summed E-state index contributed by atoms with van der Waals surface area (Å²) in [7, 11) is 0. The van der Waals surface area contributed by atoms with Crippen LogP contribution in [0.25, 0.3) is 0 Å². The molecule has 25 heavy (non-hydrogen) atoms. The van der Waals surface area contributed by atoms with E-state index in [1.165, 1.54) is 0 Å². The second kappa shape index (κ2) is 9.30. The van der Waals surface area contributed by atoms with E-state index in [9.17, 15) is 4.79 Å². The van der Waals surface area contributed by atoms with E-state index in [1.54, 1.807) is 0 Å². The molecule has 5 nitrogen and oxygen atoms in total. The Morgan fingerprint density at radius 1 is 1.08 bits per heavy atom. The van der Waals surface area contributed by atoms with Crippen molar-refractivity contribution in [2.75, 3.05) is 39.4 Å². The molecular weight excluding hydrogens is 340 g/mol. The summed E-state index contributed by atoms with van der Waals surface area (Å²) in [5.41, 5.74) is 0.687. The summed E-state index contributed by atoms with van der Waals surface area (Å²) < 4.78 is 11.2. The van der Waals surface area contributed by atoms with E-state index in [1.807, 2.05) is 36.9 Å². The minimum absolute atomic E-state index is 0. The molecule has 3 rings (SSSR count). The van der Waals surface area contributed by atoms with Crippen LogP contribution in [0.3, 0.4) is 0 Å². The van der Waals surface area contributed by atoms with Crippen molar-refractivity contribution in [3.05, 3.63) is 23.8 Å². The van der Waals surface area contributed by atoms with Gasteiger partial charge in [0.05, 0.1) is 13.2 Å². The van der Waals surface area contributed by atoms with Gasteiger partial charge in [0, 0.05) is 18.7 Å². The van der Waals surface area contributed by atoms with Gasteiger partial charge in [0.25, 0.3) is 5.91 Å². The number of nitrogens with zero attached hydrogens (tertiary/aromatic N) is 1. The normalized spacial score (nSPS) is 22.6. The Morgan fingerprint density at radius 3 is 2.28 bits per heavy atom. The van der Waals surface area contributed by atoms with Crippen LogP contribution < -0.4 is 14.8 Å². The standard InChI is InChI=1S/C19H28N2O3.ClH/c1-3-23-17-6-5-14(11-18(17)24-4-2)19(22)21-9-7-15-12-20-13-16(15)8-10-21;/h5-6,11,15-16,20H,3-4,7-10,12-13H2,1-2H3;1H/t15-,16+;. The van der Waals surface area contributed by atoms with Gasteiger partial charge in [-0.05, 0) is 69.8 Å². The van der Waals surface area contributed by atoms with Gasteiger partial charge in [-0.1, -0.05) is 0 Å². The fourth-order valence-electron chi connectivity index (χ4n) is 3.79. The molecule has 0 aliphatic carbocycles. The number of likely N-dealkylation sites (tertiary alicyclic amines) is 1. The maximum atomic E-state index is 12.9. The van der Waals surface area contributed by atoms with Crippen LogP contribution in [0.5, 0.6) is 11.5 Å². The number of carbonyl (C=O) groups excluding carboxylic acids is 1. The van der Waals surface area contributed by atoms with Crippen molar-refractivity contribution in [1.29, 1.82) is 0 Å². The Bertz CT molecular complexity index is 568. The molecular formula is C19H29ClN2O3. The maximum absolute atomic E-state index is 12.9. The van der Waals surface area contributed by atoms with Crippen LogP contribution in [0.4, 0.5) is 0 Å². The van der Waals surface area contributed by atoms with E-state index in [2.05, 4.69) is 5.32 Å². The largest absolute Gasteiger partial charge is 0.490 e. The lowest BCUT2D eigenvalue weighted by atomic mass is 9.92. The first-order chi connectivity index (χ1) is 11.7. The second-order valence-electron chi connectivity index (χ2n) is 6.58. The molecule has 1 amide bonds. The van der Waals surface area contributed by atoms with Crippen molar-refractivity contribution < 1.29 is 14.3 Å². The van der Waals surface area contributed by atoms with Crippen molar-refractivity contribution >= 4 is 18.3 Å². The average Bonchev–Trinajstić information content (AvgIpc) is 2.95. The zero-order valence-electron chi connectivity index (χ0n) is 15.1. The lowest BCUT2D eigenvalue weighted by Crippen LogP contribution is -2.32. The van der Waals surface area contributed by atoms with Gasteiger partial charge in [-0.3, -0.25) is 4.79 Å². The molecule has 1 N–H and O–H groups in total. The number of hydrogen-bond acceptors (Lipinski definition) is 4. The van der Waals surface area contributed by atoms with Crippen molar-refractivity contribution in [2.45, 2.75) is 26.7 Å². The molecule has 2 aliphatic rings. The minimum Gasteiger partial charge on any atom is -0.490 e. The maximum Gasteiger partial charge on any atom is 0.253 e. The van der Waals surface area contributed by atoms with Gasteiger partial charge in [-0.2, -0.15) is 0 Å². The summed E-state index contributed by atoms with van der Waals surface area (Å²) in [5.74, 6) is 2.91. The number of nitrogens with one attached hydrogen (secondary N) is 1. The van der Waals surface area contributed by atoms with Crippen molar-refractivity contribution in [2.24, 2.45) is 11.8 Å². The summed E-state index contributed by atoms with van der Waals surface area (Å²) in [5, 5.41) is 3.47. The van der Waals surface area contributed by atoms with Crippen molar-refractivity contribution in [3.8, 4) is 11.5 Å². The second-order valence-corrected chi connectivity index (χ2v) is 6.58. The molecule has 0 unspecified atom stereocenters. The number of carbonyl (C=O) groups is 1. The number of ether oxygens (including phenoxy) is 2. The van der Waals surface area contributed by atoms with Gasteiger partial charge in [-0.25, -0.2) is 0 Å². The molecule has 140 valence electrons. The first kappa shape index (κ1) is 19.9. The summed E-state index contributed by atoms with van der Waals surface area (Å²) in [6.07, 6.45) is 2.19. The first-order valence-electron chi connectivity index (χ1n) is 9.12. The zero-order chi connectivity index (χ0) is 16.9. The third-order valence-corrected chi connectivity index (χ3v) is 5.10. The summed E-state index contributed by atoms with van der Waals surface area (Å²) in [6, 6.07) is 5.52. The van der Waals surface area contributed by atoms with E-state index in [0.717, 1.165) is 50.9 Å². The molecule has 2 aliphatic heterocycles. The highest BCUT2D eigenvalue weighted by molar-refractivity contribution is 5.95. The summed E-state index contributed by atoms with van der Waals surface area (Å²) in [4.78, 5) is 14.9. The third-order valence-electron chi connectivity index (χ3n) is 5.10. The zero-order valence-corrected chi connectivity index (χ0v) is 15.9. The topological polar surface area (TPSA) is 50.8 Å². The Morgan fingerprint density at radius 2 is 1.68 bits per heavy atom. The molecule has 2 heterocycles. The molecule has 6 heteroatoms. The van der Waals surface area contributed by atoms with E-state index in [-0.39, 0.29) is 18.3 Å². The molecule has 1 aromatic rings. The molecule has 2 atom stereocenters. The molecule has 2 fully saturated rings. The lowest BCUT2D eigenvalue weighted by molar-refractivity contribution is 0.0758. The molecule has 2 saturated heterocycles. The van der Waals surface area contributed by atoms with Crippen LogP contribution in [-0.4, -0.2) is 50.2 Å². The fourth-order valence-corrected chi connectivity index (χ4v) is 3.79. The van der Waals surface area contributed by atoms with E-state index >= 15 is 0 Å². The highest BCUT2D eigenvalue weighted by Crippen LogP contribution is 2.31. The Kier molecular flexibility index (Phi) is 7.38. The highest BCUT2D eigenvalue weighted by atomic mass is 35.5. The number of hydrogen-bond donors (Lipinski definition) is 1. The van der Waals surface area contributed by atoms with Gasteiger partial charge in [0.1, 0.15) is 0 Å². The van der Waals surface area contributed by atoms with E-state index < -0.39 is 0 Å². The molecule has 1 aromatic carbocycles. The van der Waals surface area contributed by atoms with Crippen LogP contribution in [0.1, 0.15) is 37.0 Å². The van der Waals surface area contributed by atoms with Crippen LogP contribution in [-0.2, 0) is 0 Å². The Labute approximate surface area is 156 Å². The number of fused-ring (bicyclic) bond motifs is 1. The third kappa shape index (κ3) is 4.59. The Hall–Kier alpha value is -1.46. The van der Waals surface area contributed by atoms with Crippen LogP contribution in [0.2, 0.25) is 0 Å². The lowest BCUT2D eigenvalue weighted by Gasteiger charge is -2.21. The molecule has 0 radical (unpaired) electrons. The van der Waals surface area contributed by atoms with Crippen LogP contribution >= 0.6 is 12.4 Å². The number of benzene rings is 1. The van der Waals surface area contributed by atoms with Gasteiger partial charge in [-0.15, -0.1) is 12.4 Å². The predicted octanol–water partition coefficient (Wildman–Crippen LogP) is 2.98. The fraction of sp³-hybridized carbons (Fsp3) is 0.632. The molecule has 0 spiro atoms. The number of halogens is 1. The summed E-state index contributed by atoms with van der Waals surface area (Å²) >= 11 is 0.